The Morgan fingerprint density at radius 3 is 2.55 bits per heavy atom. The van der Waals surface area contributed by atoms with Crippen molar-refractivity contribution in [3.8, 4) is 22.8 Å². The minimum Gasteiger partial charge on any atom is -0.486 e. The first-order valence-corrected chi connectivity index (χ1v) is 11.2. The van der Waals surface area contributed by atoms with Gasteiger partial charge in [-0.1, -0.05) is 44.2 Å². The van der Waals surface area contributed by atoms with Gasteiger partial charge < -0.3 is 14.8 Å². The van der Waals surface area contributed by atoms with E-state index in [1.54, 1.807) is 6.07 Å². The van der Waals surface area contributed by atoms with Gasteiger partial charge in [0.15, 0.2) is 11.5 Å². The van der Waals surface area contributed by atoms with Gasteiger partial charge in [0.1, 0.15) is 36.2 Å². The first-order valence-electron chi connectivity index (χ1n) is 11.2. The second-order valence-electron chi connectivity index (χ2n) is 7.36. The van der Waals surface area contributed by atoms with Crippen LogP contribution in [-0.4, -0.2) is 22.6 Å². The average molecular weight is 446 g/mol. The number of fused-ring (bicyclic) bond motifs is 2. The van der Waals surface area contributed by atoms with Gasteiger partial charge in [-0.15, -0.1) is 0 Å². The van der Waals surface area contributed by atoms with E-state index in [0.29, 0.717) is 36.0 Å². The Kier molecular flexibility index (Phi) is 6.63. The van der Waals surface area contributed by atoms with Crippen molar-refractivity contribution in [2.45, 2.75) is 27.7 Å². The second-order valence-corrected chi connectivity index (χ2v) is 7.36. The SMILES string of the molecule is CC.CC=Cc1cccc(F)c1-c1nc2cccc(C)n2c1Nc1ccc2c(c1)OCCO2. The molecule has 1 N–H and O–H groups in total. The molecule has 0 unspecified atom stereocenters. The highest BCUT2D eigenvalue weighted by atomic mass is 19.1. The Morgan fingerprint density at radius 2 is 1.76 bits per heavy atom. The summed E-state index contributed by atoms with van der Waals surface area (Å²) in [5.41, 5.74) is 4.32. The van der Waals surface area contributed by atoms with Gasteiger partial charge in [0.05, 0.1) is 0 Å². The molecule has 0 amide bonds. The van der Waals surface area contributed by atoms with Crippen molar-refractivity contribution in [2.24, 2.45) is 0 Å². The normalized spacial score (nSPS) is 12.5. The summed E-state index contributed by atoms with van der Waals surface area (Å²) in [6.45, 7) is 8.97. The van der Waals surface area contributed by atoms with E-state index in [0.717, 1.165) is 28.3 Å². The van der Waals surface area contributed by atoms with Crippen LogP contribution in [0.2, 0.25) is 0 Å². The molecule has 0 saturated carbocycles. The molecule has 6 heteroatoms. The Morgan fingerprint density at radius 1 is 1.00 bits per heavy atom. The van der Waals surface area contributed by atoms with Crippen molar-refractivity contribution >= 4 is 23.2 Å². The molecule has 1 aliphatic rings. The molecular weight excluding hydrogens is 417 g/mol. The molecule has 4 aromatic rings. The molecule has 0 atom stereocenters. The number of anilines is 2. The first-order chi connectivity index (χ1) is 16.2. The number of rotatable bonds is 4. The van der Waals surface area contributed by atoms with E-state index < -0.39 is 0 Å². The molecule has 1 aliphatic heterocycles. The maximum Gasteiger partial charge on any atom is 0.163 e. The molecule has 3 heterocycles. The smallest absolute Gasteiger partial charge is 0.163 e. The largest absolute Gasteiger partial charge is 0.486 e. The molecule has 5 rings (SSSR count). The van der Waals surface area contributed by atoms with E-state index in [4.69, 9.17) is 14.5 Å². The number of benzene rings is 2. The molecule has 170 valence electrons. The van der Waals surface area contributed by atoms with Crippen molar-refractivity contribution in [2.75, 3.05) is 18.5 Å². The molecule has 0 aliphatic carbocycles. The van der Waals surface area contributed by atoms with Gasteiger partial charge in [0.25, 0.3) is 0 Å². The summed E-state index contributed by atoms with van der Waals surface area (Å²) in [6, 6.07) is 16.6. The van der Waals surface area contributed by atoms with E-state index >= 15 is 4.39 Å². The molecule has 33 heavy (non-hydrogen) atoms. The van der Waals surface area contributed by atoms with E-state index in [1.807, 2.05) is 86.7 Å². The highest BCUT2D eigenvalue weighted by Crippen LogP contribution is 2.38. The number of imidazole rings is 1. The van der Waals surface area contributed by atoms with Crippen LogP contribution in [0.4, 0.5) is 15.9 Å². The number of hydrogen-bond donors (Lipinski definition) is 1. The number of hydrogen-bond acceptors (Lipinski definition) is 4. The number of nitrogens with one attached hydrogen (secondary N) is 1. The highest BCUT2D eigenvalue weighted by Gasteiger charge is 2.21. The number of halogens is 1. The van der Waals surface area contributed by atoms with Crippen LogP contribution in [0.15, 0.2) is 60.7 Å². The fraction of sp³-hybridized carbons (Fsp3) is 0.222. The molecular formula is C27H28FN3O2. The Hall–Kier alpha value is -3.80. The van der Waals surface area contributed by atoms with Gasteiger partial charge in [0.2, 0.25) is 0 Å². The van der Waals surface area contributed by atoms with Gasteiger partial charge in [0, 0.05) is 23.0 Å². The van der Waals surface area contributed by atoms with Crippen LogP contribution in [0.25, 0.3) is 23.0 Å². The number of aromatic nitrogens is 2. The third-order valence-electron chi connectivity index (χ3n) is 5.27. The Labute approximate surface area is 193 Å². The van der Waals surface area contributed by atoms with Crippen LogP contribution in [0.1, 0.15) is 32.0 Å². The molecule has 0 saturated heterocycles. The molecule has 0 fully saturated rings. The predicted molar refractivity (Wildman–Crippen MR) is 132 cm³/mol. The van der Waals surface area contributed by atoms with Crippen molar-refractivity contribution in [3.05, 3.63) is 77.7 Å². The summed E-state index contributed by atoms with van der Waals surface area (Å²) < 4.78 is 28.4. The lowest BCUT2D eigenvalue weighted by Crippen LogP contribution is -2.15. The Balaban J connectivity index is 0.00000126. The summed E-state index contributed by atoms with van der Waals surface area (Å²) in [6.07, 6.45) is 3.79. The third kappa shape index (κ3) is 4.29. The fourth-order valence-electron chi connectivity index (χ4n) is 3.91. The zero-order valence-electron chi connectivity index (χ0n) is 19.4. The van der Waals surface area contributed by atoms with E-state index in [2.05, 4.69) is 5.32 Å². The van der Waals surface area contributed by atoms with Crippen LogP contribution in [0, 0.1) is 12.7 Å². The van der Waals surface area contributed by atoms with Crippen molar-refractivity contribution < 1.29 is 13.9 Å². The molecule has 5 nitrogen and oxygen atoms in total. The van der Waals surface area contributed by atoms with Crippen molar-refractivity contribution in [3.63, 3.8) is 0 Å². The van der Waals surface area contributed by atoms with Crippen LogP contribution in [0.3, 0.4) is 0 Å². The van der Waals surface area contributed by atoms with Crippen LogP contribution in [0.5, 0.6) is 11.5 Å². The van der Waals surface area contributed by atoms with Crippen molar-refractivity contribution in [1.29, 1.82) is 0 Å². The molecule has 0 radical (unpaired) electrons. The molecule has 2 aromatic carbocycles. The minimum atomic E-state index is -0.318. The monoisotopic (exact) mass is 445 g/mol. The predicted octanol–water partition coefficient (Wildman–Crippen LogP) is 7.02. The lowest BCUT2D eigenvalue weighted by atomic mass is 10.0. The fourth-order valence-corrected chi connectivity index (χ4v) is 3.91. The zero-order valence-corrected chi connectivity index (χ0v) is 19.4. The molecule has 0 bridgehead atoms. The third-order valence-corrected chi connectivity index (χ3v) is 5.27. The summed E-state index contributed by atoms with van der Waals surface area (Å²) in [4.78, 5) is 4.80. The van der Waals surface area contributed by atoms with E-state index in [1.165, 1.54) is 6.07 Å². The van der Waals surface area contributed by atoms with Crippen LogP contribution in [-0.2, 0) is 0 Å². The van der Waals surface area contributed by atoms with Gasteiger partial charge in [-0.25, -0.2) is 9.37 Å². The quantitative estimate of drug-likeness (QED) is 0.367. The van der Waals surface area contributed by atoms with Crippen LogP contribution < -0.4 is 14.8 Å². The van der Waals surface area contributed by atoms with Gasteiger partial charge in [-0.2, -0.15) is 0 Å². The van der Waals surface area contributed by atoms with Gasteiger partial charge in [-0.05, 0) is 49.7 Å². The highest BCUT2D eigenvalue weighted by molar-refractivity contribution is 5.85. The number of nitrogens with zero attached hydrogens (tertiary/aromatic N) is 2. The van der Waals surface area contributed by atoms with Gasteiger partial charge in [-0.3, -0.25) is 4.40 Å². The molecule has 2 aromatic heterocycles. The maximum atomic E-state index is 15.1. The van der Waals surface area contributed by atoms with E-state index in [-0.39, 0.29) is 5.82 Å². The lowest BCUT2D eigenvalue weighted by Gasteiger charge is -2.19. The topological polar surface area (TPSA) is 47.8 Å². The number of ether oxygens (including phenoxy) is 2. The lowest BCUT2D eigenvalue weighted by molar-refractivity contribution is 0.171. The minimum absolute atomic E-state index is 0.318. The summed E-state index contributed by atoms with van der Waals surface area (Å²) >= 11 is 0. The maximum absolute atomic E-state index is 15.1. The summed E-state index contributed by atoms with van der Waals surface area (Å²) in [7, 11) is 0. The number of allylic oxidation sites excluding steroid dienone is 1. The molecule has 0 spiro atoms. The van der Waals surface area contributed by atoms with Gasteiger partial charge >= 0.3 is 0 Å². The number of pyridine rings is 1. The summed E-state index contributed by atoms with van der Waals surface area (Å²) in [5, 5.41) is 3.46. The number of aryl methyl sites for hydroxylation is 1. The standard InChI is InChI=1S/C25H22FN3O2.C2H6/c1-3-6-17-8-5-9-19(26)23(17)24-25(29-16(2)7-4-10-22(29)28-24)27-18-11-12-20-21(15-18)31-14-13-30-20;1-2/h3-12,15,27H,13-14H2,1-2H3;1-2H3. The Bertz CT molecular complexity index is 1310. The average Bonchev–Trinajstić information content (AvgIpc) is 3.19. The van der Waals surface area contributed by atoms with Crippen LogP contribution >= 0.6 is 0 Å². The van der Waals surface area contributed by atoms with Crippen molar-refractivity contribution in [1.82, 2.24) is 9.38 Å². The van der Waals surface area contributed by atoms with E-state index in [9.17, 15) is 0 Å². The second kappa shape index (κ2) is 9.77. The first kappa shape index (κ1) is 22.4. The zero-order chi connectivity index (χ0) is 23.4. The summed E-state index contributed by atoms with van der Waals surface area (Å²) in [5.74, 6) is 1.78.